The molecule has 0 unspecified atom stereocenters. The Bertz CT molecular complexity index is 322. The summed E-state index contributed by atoms with van der Waals surface area (Å²) in [6.45, 7) is 6.59. The molecule has 1 aromatic rings. The molecule has 0 atom stereocenters. The molecule has 6 nitrogen and oxygen atoms in total. The van der Waals surface area contributed by atoms with Gasteiger partial charge in [-0.3, -0.25) is 0 Å². The van der Waals surface area contributed by atoms with E-state index in [9.17, 15) is 0 Å². The number of halogens is 1. The summed E-state index contributed by atoms with van der Waals surface area (Å²) in [4.78, 5) is 0.979. The molecule has 16 heavy (non-hydrogen) atoms. The number of nitrogens with zero attached hydrogens (tertiary/aromatic N) is 2. The maximum absolute atomic E-state index is 7.49. The van der Waals surface area contributed by atoms with Gasteiger partial charge in [0.25, 0.3) is 11.6 Å². The Morgan fingerprint density at radius 1 is 1.50 bits per heavy atom. The minimum atomic E-state index is -0.117. The first-order chi connectivity index (χ1) is 6.94. The highest BCUT2D eigenvalue weighted by atomic mass is 35.5. The highest BCUT2D eigenvalue weighted by Gasteiger charge is 2.21. The summed E-state index contributed by atoms with van der Waals surface area (Å²) < 4.78 is 9.99. The van der Waals surface area contributed by atoms with Gasteiger partial charge in [-0.05, 0) is 26.0 Å². The molecule has 0 radical (unpaired) electrons. The second kappa shape index (κ2) is 5.91. The van der Waals surface area contributed by atoms with Gasteiger partial charge in [0.2, 0.25) is 0 Å². The van der Waals surface area contributed by atoms with Crippen LogP contribution in [-0.4, -0.2) is 24.5 Å². The van der Waals surface area contributed by atoms with Gasteiger partial charge in [-0.15, -0.1) is 12.4 Å². The van der Waals surface area contributed by atoms with Crippen molar-refractivity contribution in [3.05, 3.63) is 11.5 Å². The Balaban J connectivity index is 0.00000225. The third-order valence-electron chi connectivity index (χ3n) is 1.76. The van der Waals surface area contributed by atoms with Crippen LogP contribution in [0.4, 0.5) is 5.88 Å². The average Bonchev–Trinajstić information content (AvgIpc) is 2.42. The second-order valence-electron chi connectivity index (χ2n) is 4.38. The number of anilines is 1. The second-order valence-corrected chi connectivity index (χ2v) is 4.38. The molecule has 0 aliphatic carbocycles. The molecule has 7 heteroatoms. The molecule has 1 aromatic heterocycles. The zero-order chi connectivity index (χ0) is 11.5. The van der Waals surface area contributed by atoms with E-state index >= 15 is 0 Å². The minimum absolute atomic E-state index is 0. The van der Waals surface area contributed by atoms with Crippen molar-refractivity contribution in [2.24, 2.45) is 0 Å². The van der Waals surface area contributed by atoms with Gasteiger partial charge in [0, 0.05) is 12.6 Å². The molecule has 0 fully saturated rings. The molecular weight excluding hydrogens is 232 g/mol. The monoisotopic (exact) mass is 250 g/mol. The van der Waals surface area contributed by atoms with E-state index in [-0.39, 0.29) is 17.9 Å². The number of rotatable bonds is 4. The van der Waals surface area contributed by atoms with E-state index in [1.807, 2.05) is 20.8 Å². The lowest BCUT2D eigenvalue weighted by atomic mass is 10.1. The van der Waals surface area contributed by atoms with Crippen LogP contribution in [0.25, 0.3) is 5.84 Å². The first-order valence-electron chi connectivity index (χ1n) is 4.83. The third kappa shape index (κ3) is 4.24. The van der Waals surface area contributed by atoms with Gasteiger partial charge in [-0.2, -0.15) is 0 Å². The molecule has 0 aliphatic heterocycles. The smallest absolute Gasteiger partial charge is 0.271 e. The summed E-state index contributed by atoms with van der Waals surface area (Å²) in [6, 6.07) is 0. The van der Waals surface area contributed by atoms with Crippen molar-refractivity contribution >= 4 is 18.3 Å². The lowest BCUT2D eigenvalue weighted by Crippen LogP contribution is -2.32. The summed E-state index contributed by atoms with van der Waals surface area (Å²) in [5, 5.41) is 6.70. The third-order valence-corrected chi connectivity index (χ3v) is 1.76. The maximum Gasteiger partial charge on any atom is 0.271 e. The lowest BCUT2D eigenvalue weighted by molar-refractivity contribution is -0.686. The number of methoxy groups -OCH3 is 1. The van der Waals surface area contributed by atoms with Crippen LogP contribution in [0.3, 0.4) is 0 Å². The topological polar surface area (TPSA) is 75.0 Å². The Hall–Kier alpha value is -1.01. The van der Waals surface area contributed by atoms with Crippen LogP contribution >= 0.6 is 12.4 Å². The summed E-state index contributed by atoms with van der Waals surface area (Å²) in [6.07, 6.45) is 0.599. The van der Waals surface area contributed by atoms with Crippen LogP contribution in [-0.2, 0) is 11.2 Å². The summed E-state index contributed by atoms with van der Waals surface area (Å²) in [5.41, 5.74) is 0.570. The van der Waals surface area contributed by atoms with E-state index < -0.39 is 0 Å². The highest BCUT2D eigenvalue weighted by Crippen LogP contribution is 2.16. The van der Waals surface area contributed by atoms with Gasteiger partial charge in [-0.25, -0.2) is 5.84 Å². The van der Waals surface area contributed by atoms with Crippen LogP contribution < -0.4 is 10.1 Å². The van der Waals surface area contributed by atoms with Crippen LogP contribution in [0, 0.1) is 0 Å². The van der Waals surface area contributed by atoms with E-state index in [2.05, 4.69) is 10.6 Å². The molecule has 2 N–H and O–H groups in total. The van der Waals surface area contributed by atoms with Gasteiger partial charge in [0.15, 0.2) is 0 Å². The number of hydrogen-bond donors (Lipinski definition) is 1. The Morgan fingerprint density at radius 2 is 2.12 bits per heavy atom. The Labute approximate surface area is 101 Å². The van der Waals surface area contributed by atoms with E-state index in [0.29, 0.717) is 24.6 Å². The SMILES string of the molecule is COCCc1c(NC(C)(C)C)on[n+]1[NH-].Cl. The van der Waals surface area contributed by atoms with Gasteiger partial charge in [0.1, 0.15) is 0 Å². The normalized spacial score (nSPS) is 11.0. The Morgan fingerprint density at radius 3 is 2.62 bits per heavy atom. The van der Waals surface area contributed by atoms with Crippen LogP contribution in [0.1, 0.15) is 26.5 Å². The largest absolute Gasteiger partial charge is 0.384 e. The molecule has 1 heterocycles. The highest BCUT2D eigenvalue weighted by molar-refractivity contribution is 5.85. The van der Waals surface area contributed by atoms with Crippen LogP contribution in [0.15, 0.2) is 4.52 Å². The van der Waals surface area contributed by atoms with Crippen LogP contribution in [0.2, 0.25) is 0 Å². The maximum atomic E-state index is 7.49. The standard InChI is InChI=1S/C9H18N4O2.ClH/c1-9(2,3)11-8-7(5-6-14-4)13(10)12-15-8;/h10-11H,5-6H2,1-4H3;1H. The van der Waals surface area contributed by atoms with Gasteiger partial charge >= 0.3 is 0 Å². The first kappa shape index (κ1) is 15.0. The fourth-order valence-electron chi connectivity index (χ4n) is 1.13. The molecule has 0 amide bonds. The minimum Gasteiger partial charge on any atom is -0.384 e. The van der Waals surface area contributed by atoms with Gasteiger partial charge in [0.05, 0.1) is 13.0 Å². The molecule has 0 aliphatic rings. The molecular formula is C9H19ClN4O2. The van der Waals surface area contributed by atoms with Gasteiger partial charge < -0.3 is 14.6 Å². The lowest BCUT2D eigenvalue weighted by Gasteiger charge is -2.19. The number of hydrogen-bond acceptors (Lipinski definition) is 4. The van der Waals surface area contributed by atoms with E-state index in [4.69, 9.17) is 15.1 Å². The number of nitrogens with one attached hydrogen (secondary N) is 2. The van der Waals surface area contributed by atoms with E-state index in [1.54, 1.807) is 7.11 Å². The van der Waals surface area contributed by atoms with Crippen molar-refractivity contribution in [3.8, 4) is 0 Å². The van der Waals surface area contributed by atoms with Crippen molar-refractivity contribution in [2.75, 3.05) is 19.0 Å². The molecule has 0 saturated carbocycles. The molecule has 0 saturated heterocycles. The Kier molecular flexibility index (Phi) is 5.53. The van der Waals surface area contributed by atoms with E-state index in [0.717, 1.165) is 4.79 Å². The zero-order valence-corrected chi connectivity index (χ0v) is 10.8. The molecule has 1 rings (SSSR count). The number of aromatic nitrogens is 2. The molecule has 0 aromatic carbocycles. The van der Waals surface area contributed by atoms with Gasteiger partial charge in [-0.1, -0.05) is 4.79 Å². The summed E-state index contributed by atoms with van der Waals surface area (Å²) in [7, 11) is 1.62. The predicted molar refractivity (Wildman–Crippen MR) is 62.6 cm³/mol. The fourth-order valence-corrected chi connectivity index (χ4v) is 1.13. The summed E-state index contributed by atoms with van der Waals surface area (Å²) in [5.74, 6) is 8.03. The predicted octanol–water partition coefficient (Wildman–Crippen LogP) is 1.60. The fraction of sp³-hybridized carbons (Fsp3) is 0.778. The average molecular weight is 251 g/mol. The zero-order valence-electron chi connectivity index (χ0n) is 10.0. The summed E-state index contributed by atoms with van der Waals surface area (Å²) >= 11 is 0. The van der Waals surface area contributed by atoms with Crippen molar-refractivity contribution in [1.82, 2.24) is 5.27 Å². The quantitative estimate of drug-likeness (QED) is 0.824. The van der Waals surface area contributed by atoms with Crippen molar-refractivity contribution in [2.45, 2.75) is 32.7 Å². The molecule has 94 valence electrons. The van der Waals surface area contributed by atoms with Crippen molar-refractivity contribution in [1.29, 1.82) is 0 Å². The molecule has 0 spiro atoms. The van der Waals surface area contributed by atoms with Crippen LogP contribution in [0.5, 0.6) is 0 Å². The van der Waals surface area contributed by atoms with Crippen molar-refractivity contribution < 1.29 is 14.1 Å². The molecule has 0 bridgehead atoms. The van der Waals surface area contributed by atoms with E-state index in [1.165, 1.54) is 0 Å². The van der Waals surface area contributed by atoms with Crippen molar-refractivity contribution in [3.63, 3.8) is 0 Å². The first-order valence-corrected chi connectivity index (χ1v) is 4.83. The number of ether oxygens (including phenoxy) is 1.